The number of carbonyl (C=O) groups excluding carboxylic acids is 1. The Morgan fingerprint density at radius 1 is 1.43 bits per heavy atom. The molecular formula is C14H13F3N4O2. The quantitative estimate of drug-likeness (QED) is 0.921. The van der Waals surface area contributed by atoms with Crippen LogP contribution in [0.25, 0.3) is 0 Å². The SMILES string of the molecule is Cc1noc(CNC(=O)N2CCc3c2cccc3C(F)(F)F)n1. The molecule has 2 amide bonds. The van der Waals surface area contributed by atoms with Gasteiger partial charge in [0, 0.05) is 12.2 Å². The standard InChI is InChI=1S/C14H13F3N4O2/c1-8-19-12(23-20-8)7-18-13(22)21-6-5-9-10(14(15,16)17)3-2-4-11(9)21/h2-4H,5-7H2,1H3,(H,18,22). The first-order valence-electron chi connectivity index (χ1n) is 6.90. The zero-order chi connectivity index (χ0) is 16.6. The highest BCUT2D eigenvalue weighted by molar-refractivity contribution is 5.94. The average molecular weight is 326 g/mol. The molecule has 3 rings (SSSR count). The summed E-state index contributed by atoms with van der Waals surface area (Å²) in [6, 6.07) is 3.34. The van der Waals surface area contributed by atoms with Gasteiger partial charge in [0.15, 0.2) is 5.82 Å². The van der Waals surface area contributed by atoms with Crippen molar-refractivity contribution in [2.75, 3.05) is 11.4 Å². The highest BCUT2D eigenvalue weighted by atomic mass is 19.4. The average Bonchev–Trinajstić information content (AvgIpc) is 3.09. The number of fused-ring (bicyclic) bond motifs is 1. The first kappa shape index (κ1) is 15.3. The van der Waals surface area contributed by atoms with Gasteiger partial charge in [-0.1, -0.05) is 11.2 Å². The molecule has 122 valence electrons. The molecular weight excluding hydrogens is 313 g/mol. The van der Waals surface area contributed by atoms with Crippen LogP contribution in [0.2, 0.25) is 0 Å². The van der Waals surface area contributed by atoms with Crippen LogP contribution in [0.5, 0.6) is 0 Å². The Morgan fingerprint density at radius 3 is 2.87 bits per heavy atom. The number of carbonyl (C=O) groups is 1. The van der Waals surface area contributed by atoms with Crippen molar-refractivity contribution in [3.63, 3.8) is 0 Å². The number of halogens is 3. The summed E-state index contributed by atoms with van der Waals surface area (Å²) in [6.45, 7) is 1.85. The second-order valence-corrected chi connectivity index (χ2v) is 5.10. The molecule has 1 N–H and O–H groups in total. The van der Waals surface area contributed by atoms with E-state index >= 15 is 0 Å². The summed E-state index contributed by atoms with van der Waals surface area (Å²) in [6.07, 6.45) is -4.27. The molecule has 0 bridgehead atoms. The van der Waals surface area contributed by atoms with Gasteiger partial charge in [-0.3, -0.25) is 4.90 Å². The molecule has 23 heavy (non-hydrogen) atoms. The summed E-state index contributed by atoms with van der Waals surface area (Å²) in [5, 5.41) is 6.15. The molecule has 1 aromatic heterocycles. The number of rotatable bonds is 2. The van der Waals surface area contributed by atoms with Gasteiger partial charge in [0.2, 0.25) is 5.89 Å². The minimum atomic E-state index is -4.43. The maximum Gasteiger partial charge on any atom is 0.416 e. The van der Waals surface area contributed by atoms with E-state index in [2.05, 4.69) is 15.5 Å². The molecule has 1 aliphatic rings. The molecule has 0 radical (unpaired) electrons. The third-order valence-electron chi connectivity index (χ3n) is 3.54. The maximum absolute atomic E-state index is 13.0. The number of hydrogen-bond donors (Lipinski definition) is 1. The number of amides is 2. The van der Waals surface area contributed by atoms with Crippen LogP contribution >= 0.6 is 0 Å². The number of urea groups is 1. The van der Waals surface area contributed by atoms with Gasteiger partial charge in [0.05, 0.1) is 12.1 Å². The van der Waals surface area contributed by atoms with E-state index in [9.17, 15) is 18.0 Å². The van der Waals surface area contributed by atoms with Crippen LogP contribution in [0.15, 0.2) is 22.7 Å². The van der Waals surface area contributed by atoms with Crippen molar-refractivity contribution in [3.05, 3.63) is 41.0 Å². The van der Waals surface area contributed by atoms with Gasteiger partial charge in [-0.15, -0.1) is 0 Å². The lowest BCUT2D eigenvalue weighted by Crippen LogP contribution is -2.38. The molecule has 0 fully saturated rings. The second-order valence-electron chi connectivity index (χ2n) is 5.10. The third-order valence-corrected chi connectivity index (χ3v) is 3.54. The minimum Gasteiger partial charge on any atom is -0.337 e. The topological polar surface area (TPSA) is 71.3 Å². The molecule has 1 aromatic carbocycles. The first-order chi connectivity index (χ1) is 10.9. The molecule has 2 heterocycles. The van der Waals surface area contributed by atoms with Crippen molar-refractivity contribution < 1.29 is 22.5 Å². The summed E-state index contributed by atoms with van der Waals surface area (Å²) in [7, 11) is 0. The van der Waals surface area contributed by atoms with Crippen molar-refractivity contribution in [2.45, 2.75) is 26.1 Å². The zero-order valence-corrected chi connectivity index (χ0v) is 12.1. The van der Waals surface area contributed by atoms with E-state index in [4.69, 9.17) is 4.52 Å². The second kappa shape index (κ2) is 5.56. The van der Waals surface area contributed by atoms with Crippen LogP contribution in [0, 0.1) is 6.92 Å². The van der Waals surface area contributed by atoms with Gasteiger partial charge in [-0.25, -0.2) is 4.79 Å². The van der Waals surface area contributed by atoms with Crippen molar-refractivity contribution in [3.8, 4) is 0 Å². The number of alkyl halides is 3. The van der Waals surface area contributed by atoms with Crippen LogP contribution in [-0.2, 0) is 19.1 Å². The predicted molar refractivity (Wildman–Crippen MR) is 73.8 cm³/mol. The van der Waals surface area contributed by atoms with Crippen molar-refractivity contribution in [1.82, 2.24) is 15.5 Å². The molecule has 0 saturated carbocycles. The summed E-state index contributed by atoms with van der Waals surface area (Å²) >= 11 is 0. The minimum absolute atomic E-state index is 0.0183. The van der Waals surface area contributed by atoms with Crippen LogP contribution in [0.3, 0.4) is 0 Å². The maximum atomic E-state index is 13.0. The Kier molecular flexibility index (Phi) is 3.70. The van der Waals surface area contributed by atoms with Crippen molar-refractivity contribution in [1.29, 1.82) is 0 Å². The number of hydrogen-bond acceptors (Lipinski definition) is 4. The van der Waals surface area contributed by atoms with E-state index in [-0.39, 0.29) is 36.7 Å². The van der Waals surface area contributed by atoms with Crippen LogP contribution in [-0.4, -0.2) is 22.7 Å². The van der Waals surface area contributed by atoms with Crippen molar-refractivity contribution in [2.24, 2.45) is 0 Å². The highest BCUT2D eigenvalue weighted by Crippen LogP contribution is 2.39. The predicted octanol–water partition coefficient (Wildman–Crippen LogP) is 2.67. The Balaban J connectivity index is 1.76. The van der Waals surface area contributed by atoms with E-state index in [0.29, 0.717) is 5.82 Å². The number of aryl methyl sites for hydroxylation is 1. The summed E-state index contributed by atoms with van der Waals surface area (Å²) in [4.78, 5) is 17.4. The molecule has 1 aliphatic heterocycles. The largest absolute Gasteiger partial charge is 0.416 e. The summed E-state index contributed by atoms with van der Waals surface area (Å²) < 4.78 is 43.9. The zero-order valence-electron chi connectivity index (χ0n) is 12.1. The van der Waals surface area contributed by atoms with Gasteiger partial charge in [0.1, 0.15) is 0 Å². The van der Waals surface area contributed by atoms with E-state index in [0.717, 1.165) is 6.07 Å². The lowest BCUT2D eigenvalue weighted by atomic mass is 10.0. The number of nitrogens with zero attached hydrogens (tertiary/aromatic N) is 3. The molecule has 0 unspecified atom stereocenters. The van der Waals surface area contributed by atoms with Crippen LogP contribution in [0.4, 0.5) is 23.7 Å². The Labute approximate surface area is 129 Å². The fourth-order valence-corrected chi connectivity index (χ4v) is 2.57. The highest BCUT2D eigenvalue weighted by Gasteiger charge is 2.37. The van der Waals surface area contributed by atoms with Gasteiger partial charge in [0.25, 0.3) is 0 Å². The normalized spacial score (nSPS) is 14.0. The summed E-state index contributed by atoms with van der Waals surface area (Å²) in [5.41, 5.74) is -0.277. The molecule has 6 nitrogen and oxygen atoms in total. The van der Waals surface area contributed by atoms with E-state index in [1.165, 1.54) is 17.0 Å². The lowest BCUT2D eigenvalue weighted by Gasteiger charge is -2.18. The molecule has 2 aromatic rings. The molecule has 0 spiro atoms. The van der Waals surface area contributed by atoms with E-state index in [1.54, 1.807) is 6.92 Å². The molecule has 0 atom stereocenters. The Bertz CT molecular complexity index is 742. The van der Waals surface area contributed by atoms with Gasteiger partial charge >= 0.3 is 12.2 Å². The van der Waals surface area contributed by atoms with Crippen LogP contribution < -0.4 is 10.2 Å². The monoisotopic (exact) mass is 326 g/mol. The Hall–Kier alpha value is -2.58. The van der Waals surface area contributed by atoms with Crippen LogP contribution in [0.1, 0.15) is 22.8 Å². The molecule has 0 aliphatic carbocycles. The van der Waals surface area contributed by atoms with Crippen molar-refractivity contribution >= 4 is 11.7 Å². The van der Waals surface area contributed by atoms with Gasteiger partial charge in [-0.05, 0) is 31.0 Å². The molecule has 9 heteroatoms. The Morgan fingerprint density at radius 2 is 2.22 bits per heavy atom. The number of aromatic nitrogens is 2. The number of nitrogens with one attached hydrogen (secondary N) is 1. The first-order valence-corrected chi connectivity index (χ1v) is 6.90. The van der Waals surface area contributed by atoms with Gasteiger partial charge in [-0.2, -0.15) is 18.2 Å². The fourth-order valence-electron chi connectivity index (χ4n) is 2.57. The number of anilines is 1. The van der Waals surface area contributed by atoms with E-state index in [1.807, 2.05) is 0 Å². The summed E-state index contributed by atoms with van der Waals surface area (Å²) in [5.74, 6) is 0.676. The number of benzene rings is 1. The molecule has 0 saturated heterocycles. The smallest absolute Gasteiger partial charge is 0.337 e. The van der Waals surface area contributed by atoms with Gasteiger partial charge < -0.3 is 9.84 Å². The third kappa shape index (κ3) is 2.99. The lowest BCUT2D eigenvalue weighted by molar-refractivity contribution is -0.138. The van der Waals surface area contributed by atoms with E-state index < -0.39 is 17.8 Å². The fraction of sp³-hybridized carbons (Fsp3) is 0.357.